The zero-order valence-electron chi connectivity index (χ0n) is 12.7. The molecule has 0 aromatic carbocycles. The van der Waals surface area contributed by atoms with Crippen LogP contribution in [-0.4, -0.2) is 63.2 Å². The molecule has 0 aliphatic carbocycles. The molecule has 8 nitrogen and oxygen atoms in total. The second-order valence-electron chi connectivity index (χ2n) is 5.23. The van der Waals surface area contributed by atoms with Gasteiger partial charge in [0.25, 0.3) is 5.91 Å². The molecule has 0 bridgehead atoms. The monoisotopic (exact) mass is 326 g/mol. The summed E-state index contributed by atoms with van der Waals surface area (Å²) in [6.45, 7) is 1.99. The van der Waals surface area contributed by atoms with Gasteiger partial charge in [-0.1, -0.05) is 0 Å². The van der Waals surface area contributed by atoms with Crippen molar-refractivity contribution in [1.29, 1.82) is 0 Å². The molecule has 9 heteroatoms. The van der Waals surface area contributed by atoms with E-state index in [1.807, 2.05) is 0 Å². The van der Waals surface area contributed by atoms with E-state index in [-0.39, 0.29) is 17.9 Å². The fourth-order valence-corrected chi connectivity index (χ4v) is 2.88. The van der Waals surface area contributed by atoms with Crippen LogP contribution in [-0.2, 0) is 0 Å². The van der Waals surface area contributed by atoms with Gasteiger partial charge in [0, 0.05) is 19.6 Å². The highest BCUT2D eigenvalue weighted by atomic mass is 32.2. The number of carbonyl (C=O) groups is 2. The van der Waals surface area contributed by atoms with Crippen LogP contribution in [0.5, 0.6) is 0 Å². The molecule has 3 amide bonds. The van der Waals surface area contributed by atoms with Gasteiger partial charge in [0.1, 0.15) is 6.33 Å². The standard InChI is InChI=1S/C13H22N6O2S/c1-22-7-3-5-15-13(21)18-6-2-4-10(8-18)19-9-16-12(17-19)11(14)20/h9-10H,2-8H2,1H3,(H2,14,20)(H,15,21)/t10-/m0/s1. The van der Waals surface area contributed by atoms with E-state index >= 15 is 0 Å². The van der Waals surface area contributed by atoms with Crippen LogP contribution in [0.3, 0.4) is 0 Å². The first kappa shape index (κ1) is 16.6. The summed E-state index contributed by atoms with van der Waals surface area (Å²) in [7, 11) is 0. The van der Waals surface area contributed by atoms with Crippen molar-refractivity contribution in [3.63, 3.8) is 0 Å². The number of nitrogens with zero attached hydrogens (tertiary/aromatic N) is 4. The van der Waals surface area contributed by atoms with Crippen molar-refractivity contribution in [2.75, 3.05) is 31.6 Å². The predicted octanol–water partition coefficient (Wildman–Crippen LogP) is 0.477. The molecule has 1 aromatic heterocycles. The number of nitrogens with one attached hydrogen (secondary N) is 1. The Balaban J connectivity index is 1.87. The lowest BCUT2D eigenvalue weighted by molar-refractivity contribution is 0.0989. The minimum Gasteiger partial charge on any atom is -0.363 e. The fourth-order valence-electron chi connectivity index (χ4n) is 2.44. The van der Waals surface area contributed by atoms with Gasteiger partial charge in [-0.3, -0.25) is 4.79 Å². The van der Waals surface area contributed by atoms with Crippen LogP contribution in [0.15, 0.2) is 6.33 Å². The first-order valence-corrected chi connectivity index (χ1v) is 8.74. The third kappa shape index (κ3) is 4.36. The van der Waals surface area contributed by atoms with Gasteiger partial charge in [-0.05, 0) is 31.3 Å². The molecule has 0 spiro atoms. The lowest BCUT2D eigenvalue weighted by Gasteiger charge is -2.32. The number of hydrogen-bond acceptors (Lipinski definition) is 5. The fraction of sp³-hybridized carbons (Fsp3) is 0.692. The number of amides is 3. The molecular formula is C13H22N6O2S. The van der Waals surface area contributed by atoms with Crippen LogP contribution in [0.4, 0.5) is 4.79 Å². The van der Waals surface area contributed by atoms with E-state index in [2.05, 4.69) is 21.7 Å². The quantitative estimate of drug-likeness (QED) is 0.739. The van der Waals surface area contributed by atoms with Gasteiger partial charge in [-0.2, -0.15) is 11.8 Å². The number of urea groups is 1. The van der Waals surface area contributed by atoms with Crippen molar-refractivity contribution in [2.45, 2.75) is 25.3 Å². The van der Waals surface area contributed by atoms with Crippen molar-refractivity contribution < 1.29 is 9.59 Å². The zero-order valence-corrected chi connectivity index (χ0v) is 13.5. The van der Waals surface area contributed by atoms with Gasteiger partial charge in [-0.15, -0.1) is 5.10 Å². The molecule has 0 saturated carbocycles. The number of nitrogens with two attached hydrogens (primary N) is 1. The Morgan fingerprint density at radius 1 is 1.55 bits per heavy atom. The van der Waals surface area contributed by atoms with Crippen LogP contribution in [0.25, 0.3) is 0 Å². The molecule has 1 aliphatic heterocycles. The Bertz CT molecular complexity index is 520. The number of hydrogen-bond donors (Lipinski definition) is 2. The lowest BCUT2D eigenvalue weighted by atomic mass is 10.1. The summed E-state index contributed by atoms with van der Waals surface area (Å²) in [5.74, 6) is 0.411. The maximum Gasteiger partial charge on any atom is 0.317 e. The Kier molecular flexibility index (Phi) is 6.05. The van der Waals surface area contributed by atoms with Crippen LogP contribution in [0.2, 0.25) is 0 Å². The molecule has 0 radical (unpaired) electrons. The van der Waals surface area contributed by atoms with E-state index in [0.717, 1.165) is 31.6 Å². The second-order valence-corrected chi connectivity index (χ2v) is 6.22. The van der Waals surface area contributed by atoms with Gasteiger partial charge < -0.3 is 16.0 Å². The van der Waals surface area contributed by atoms with Crippen LogP contribution in [0.1, 0.15) is 35.9 Å². The molecule has 1 aromatic rings. The van der Waals surface area contributed by atoms with Gasteiger partial charge in [-0.25, -0.2) is 14.5 Å². The van der Waals surface area contributed by atoms with Crippen LogP contribution in [0, 0.1) is 0 Å². The second kappa shape index (κ2) is 8.02. The minimum absolute atomic E-state index is 0.0126. The smallest absolute Gasteiger partial charge is 0.317 e. The summed E-state index contributed by atoms with van der Waals surface area (Å²) < 4.78 is 1.63. The van der Waals surface area contributed by atoms with E-state index in [1.54, 1.807) is 21.3 Å². The summed E-state index contributed by atoms with van der Waals surface area (Å²) in [5.41, 5.74) is 5.16. The maximum absolute atomic E-state index is 12.1. The highest BCUT2D eigenvalue weighted by Crippen LogP contribution is 2.20. The van der Waals surface area contributed by atoms with Gasteiger partial charge in [0.15, 0.2) is 0 Å². The molecule has 1 saturated heterocycles. The van der Waals surface area contributed by atoms with Crippen molar-refractivity contribution in [3.05, 3.63) is 12.2 Å². The molecule has 22 heavy (non-hydrogen) atoms. The first-order valence-electron chi connectivity index (χ1n) is 7.34. The lowest BCUT2D eigenvalue weighted by Crippen LogP contribution is -2.46. The Morgan fingerprint density at radius 2 is 2.36 bits per heavy atom. The highest BCUT2D eigenvalue weighted by molar-refractivity contribution is 7.98. The minimum atomic E-state index is -0.641. The Labute approximate surface area is 133 Å². The number of carbonyl (C=O) groups excluding carboxylic acids is 2. The molecule has 1 aliphatic rings. The van der Waals surface area contributed by atoms with Crippen molar-refractivity contribution >= 4 is 23.7 Å². The number of likely N-dealkylation sites (tertiary alicyclic amines) is 1. The highest BCUT2D eigenvalue weighted by Gasteiger charge is 2.25. The molecule has 2 heterocycles. The maximum atomic E-state index is 12.1. The molecule has 1 atom stereocenters. The average molecular weight is 326 g/mol. The van der Waals surface area contributed by atoms with Gasteiger partial charge >= 0.3 is 6.03 Å². The first-order chi connectivity index (χ1) is 10.6. The number of aromatic nitrogens is 3. The van der Waals surface area contributed by atoms with Crippen molar-refractivity contribution in [2.24, 2.45) is 5.73 Å². The largest absolute Gasteiger partial charge is 0.363 e. The Morgan fingerprint density at radius 3 is 3.05 bits per heavy atom. The third-order valence-corrected chi connectivity index (χ3v) is 4.29. The number of rotatable bonds is 6. The van der Waals surface area contributed by atoms with Gasteiger partial charge in [0.2, 0.25) is 5.82 Å². The molecule has 2 rings (SSSR count). The third-order valence-electron chi connectivity index (χ3n) is 3.59. The molecule has 3 N–H and O–H groups in total. The van der Waals surface area contributed by atoms with Crippen LogP contribution >= 0.6 is 11.8 Å². The Hall–Kier alpha value is -1.77. The van der Waals surface area contributed by atoms with Crippen molar-refractivity contribution in [3.8, 4) is 0 Å². The number of thioether (sulfide) groups is 1. The molecular weight excluding hydrogens is 304 g/mol. The van der Waals surface area contributed by atoms with Crippen molar-refractivity contribution in [1.82, 2.24) is 25.0 Å². The summed E-state index contributed by atoms with van der Waals surface area (Å²) in [6.07, 6.45) is 6.32. The average Bonchev–Trinajstić information content (AvgIpc) is 3.02. The molecule has 0 unspecified atom stereocenters. The van der Waals surface area contributed by atoms with E-state index in [1.165, 1.54) is 6.33 Å². The topological polar surface area (TPSA) is 106 Å². The number of primary amides is 1. The SMILES string of the molecule is CSCCCNC(=O)N1CCC[C@H](n2cnc(C(N)=O)n2)C1. The summed E-state index contributed by atoms with van der Waals surface area (Å²) in [4.78, 5) is 28.9. The molecule has 1 fully saturated rings. The van der Waals surface area contributed by atoms with E-state index in [9.17, 15) is 9.59 Å². The van der Waals surface area contributed by atoms with E-state index in [4.69, 9.17) is 5.73 Å². The van der Waals surface area contributed by atoms with E-state index in [0.29, 0.717) is 13.1 Å². The number of piperidine rings is 1. The summed E-state index contributed by atoms with van der Waals surface area (Å²) in [6, 6.07) is -0.00709. The predicted molar refractivity (Wildman–Crippen MR) is 84.8 cm³/mol. The molecule has 122 valence electrons. The summed E-state index contributed by atoms with van der Waals surface area (Å²) >= 11 is 1.77. The zero-order chi connectivity index (χ0) is 15.9. The summed E-state index contributed by atoms with van der Waals surface area (Å²) in [5, 5.41) is 7.02. The normalized spacial score (nSPS) is 18.2. The van der Waals surface area contributed by atoms with Gasteiger partial charge in [0.05, 0.1) is 6.04 Å². The van der Waals surface area contributed by atoms with E-state index < -0.39 is 5.91 Å². The van der Waals surface area contributed by atoms with Crippen LogP contribution < -0.4 is 11.1 Å².